The Balaban J connectivity index is 2.10. The molecule has 0 fully saturated rings. The van der Waals surface area contributed by atoms with Gasteiger partial charge in [-0.15, -0.1) is 0 Å². The summed E-state index contributed by atoms with van der Waals surface area (Å²) in [7, 11) is 1.68. The fraction of sp³-hybridized carbons (Fsp3) is 0.125. The van der Waals surface area contributed by atoms with Gasteiger partial charge in [-0.2, -0.15) is 0 Å². The molecule has 0 N–H and O–H groups in total. The molecule has 0 bridgehead atoms. The second kappa shape index (κ2) is 7.56. The lowest BCUT2D eigenvalue weighted by atomic mass is 10.2. The van der Waals surface area contributed by atoms with Crippen LogP contribution < -0.4 is 9.64 Å². The van der Waals surface area contributed by atoms with E-state index in [4.69, 9.17) is 4.74 Å². The van der Waals surface area contributed by atoms with Crippen LogP contribution in [0.2, 0.25) is 0 Å². The van der Waals surface area contributed by atoms with Crippen LogP contribution in [0.25, 0.3) is 0 Å². The molecule has 0 spiro atoms. The van der Waals surface area contributed by atoms with Crippen LogP contribution in [-0.4, -0.2) is 25.8 Å². The van der Waals surface area contributed by atoms with Gasteiger partial charge < -0.3 is 9.64 Å². The predicted octanol–water partition coefficient (Wildman–Crippen LogP) is 4.07. The van der Waals surface area contributed by atoms with Gasteiger partial charge in [0.2, 0.25) is 0 Å². The number of nitrogens with zero attached hydrogens (tertiary/aromatic N) is 1. The summed E-state index contributed by atoms with van der Waals surface area (Å²) in [5, 5.41) is 0. The number of ether oxygens (including phenoxy) is 1. The highest BCUT2D eigenvalue weighted by Gasteiger charge is 2.15. The van der Waals surface area contributed by atoms with Crippen molar-refractivity contribution in [1.29, 1.82) is 0 Å². The van der Waals surface area contributed by atoms with Crippen molar-refractivity contribution < 1.29 is 14.3 Å². The Morgan fingerprint density at radius 1 is 1.23 bits per heavy atom. The smallest absolute Gasteiger partial charge is 0.264 e. The molecular formula is C16H13Br2NO3. The van der Waals surface area contributed by atoms with Crippen LogP contribution in [0, 0.1) is 0 Å². The van der Waals surface area contributed by atoms with Crippen LogP contribution in [0.3, 0.4) is 0 Å². The molecule has 0 aliphatic rings. The number of likely N-dealkylation sites (N-methyl/N-ethyl adjacent to an activating group) is 1. The highest BCUT2D eigenvalue weighted by molar-refractivity contribution is 9.11. The second-order valence-electron chi connectivity index (χ2n) is 4.50. The lowest BCUT2D eigenvalue weighted by Gasteiger charge is -2.18. The van der Waals surface area contributed by atoms with Gasteiger partial charge in [-0.1, -0.05) is 34.1 Å². The molecule has 0 aromatic heterocycles. The molecule has 6 heteroatoms. The van der Waals surface area contributed by atoms with Crippen molar-refractivity contribution in [3.63, 3.8) is 0 Å². The minimum Gasteiger partial charge on any atom is -0.482 e. The standard InChI is InChI=1S/C16H13Br2NO3/c1-19(13-5-3-2-4-6-13)15(21)10-22-16-11(9-20)7-12(17)8-14(16)18/h2-9H,10H2,1H3. The number of aldehydes is 1. The number of hydrogen-bond donors (Lipinski definition) is 0. The molecule has 114 valence electrons. The summed E-state index contributed by atoms with van der Waals surface area (Å²) < 4.78 is 6.89. The lowest BCUT2D eigenvalue weighted by Crippen LogP contribution is -2.31. The number of carbonyl (C=O) groups is 2. The molecule has 0 heterocycles. The zero-order valence-electron chi connectivity index (χ0n) is 11.8. The molecule has 0 saturated carbocycles. The van der Waals surface area contributed by atoms with Crippen LogP contribution in [-0.2, 0) is 4.79 Å². The van der Waals surface area contributed by atoms with Crippen molar-refractivity contribution in [1.82, 2.24) is 0 Å². The van der Waals surface area contributed by atoms with E-state index in [2.05, 4.69) is 31.9 Å². The van der Waals surface area contributed by atoms with Crippen molar-refractivity contribution in [3.05, 3.63) is 57.0 Å². The lowest BCUT2D eigenvalue weighted by molar-refractivity contribution is -0.120. The second-order valence-corrected chi connectivity index (χ2v) is 6.27. The summed E-state index contributed by atoms with van der Waals surface area (Å²) in [6, 6.07) is 12.7. The number of para-hydroxylation sites is 1. The number of halogens is 2. The Kier molecular flexibility index (Phi) is 5.74. The fourth-order valence-electron chi connectivity index (χ4n) is 1.85. The summed E-state index contributed by atoms with van der Waals surface area (Å²) >= 11 is 6.63. The zero-order valence-corrected chi connectivity index (χ0v) is 14.9. The van der Waals surface area contributed by atoms with Crippen LogP contribution in [0.5, 0.6) is 5.75 Å². The van der Waals surface area contributed by atoms with E-state index in [9.17, 15) is 9.59 Å². The van der Waals surface area contributed by atoms with E-state index >= 15 is 0 Å². The van der Waals surface area contributed by atoms with Crippen molar-refractivity contribution >= 4 is 49.7 Å². The molecule has 2 rings (SSSR count). The summed E-state index contributed by atoms with van der Waals surface area (Å²) in [5.74, 6) is 0.144. The Hall–Kier alpha value is -1.66. The third-order valence-corrected chi connectivity index (χ3v) is 4.07. The highest BCUT2D eigenvalue weighted by Crippen LogP contribution is 2.32. The molecule has 22 heavy (non-hydrogen) atoms. The molecule has 1 amide bonds. The van der Waals surface area contributed by atoms with E-state index in [1.54, 1.807) is 19.2 Å². The molecule has 0 aliphatic carbocycles. The number of benzene rings is 2. The number of hydrogen-bond acceptors (Lipinski definition) is 3. The Bertz CT molecular complexity index is 689. The van der Waals surface area contributed by atoms with E-state index in [1.807, 2.05) is 30.3 Å². The normalized spacial score (nSPS) is 10.1. The van der Waals surface area contributed by atoms with Crippen molar-refractivity contribution in [2.24, 2.45) is 0 Å². The molecule has 4 nitrogen and oxygen atoms in total. The minimum absolute atomic E-state index is 0.160. The number of amides is 1. The summed E-state index contributed by atoms with van der Waals surface area (Å²) in [6.45, 7) is -0.160. The maximum absolute atomic E-state index is 12.2. The maximum Gasteiger partial charge on any atom is 0.264 e. The van der Waals surface area contributed by atoms with Crippen molar-refractivity contribution in [2.45, 2.75) is 0 Å². The van der Waals surface area contributed by atoms with Gasteiger partial charge in [-0.05, 0) is 40.2 Å². The largest absolute Gasteiger partial charge is 0.482 e. The maximum atomic E-state index is 12.2. The van der Waals surface area contributed by atoms with Crippen molar-refractivity contribution in [3.8, 4) is 5.75 Å². The predicted molar refractivity (Wildman–Crippen MR) is 92.6 cm³/mol. The molecule has 0 atom stereocenters. The minimum atomic E-state index is -0.210. The van der Waals surface area contributed by atoms with Crippen molar-refractivity contribution in [2.75, 3.05) is 18.6 Å². The number of anilines is 1. The molecule has 0 radical (unpaired) electrons. The molecule has 2 aromatic rings. The Morgan fingerprint density at radius 2 is 1.91 bits per heavy atom. The van der Waals surface area contributed by atoms with Gasteiger partial charge in [0.05, 0.1) is 10.0 Å². The van der Waals surface area contributed by atoms with E-state index < -0.39 is 0 Å². The highest BCUT2D eigenvalue weighted by atomic mass is 79.9. The SMILES string of the molecule is CN(C(=O)COc1c(Br)cc(Br)cc1C=O)c1ccccc1. The van der Waals surface area contributed by atoms with Gasteiger partial charge >= 0.3 is 0 Å². The summed E-state index contributed by atoms with van der Waals surface area (Å²) in [6.07, 6.45) is 0.691. The Morgan fingerprint density at radius 3 is 2.55 bits per heavy atom. The third kappa shape index (κ3) is 3.96. The van der Waals surface area contributed by atoms with Crippen LogP contribution in [0.1, 0.15) is 10.4 Å². The van der Waals surface area contributed by atoms with Gasteiger partial charge in [0.1, 0.15) is 5.75 Å². The van der Waals surface area contributed by atoms with E-state index in [1.165, 1.54) is 4.90 Å². The first-order valence-electron chi connectivity index (χ1n) is 6.41. The quantitative estimate of drug-likeness (QED) is 0.677. The monoisotopic (exact) mass is 425 g/mol. The van der Waals surface area contributed by atoms with E-state index in [0.29, 0.717) is 22.1 Å². The zero-order chi connectivity index (χ0) is 16.1. The van der Waals surface area contributed by atoms with Gasteiger partial charge in [-0.3, -0.25) is 9.59 Å². The first-order chi connectivity index (χ1) is 10.5. The summed E-state index contributed by atoms with van der Waals surface area (Å²) in [5.41, 5.74) is 1.15. The number of rotatable bonds is 5. The first kappa shape index (κ1) is 16.7. The van der Waals surface area contributed by atoms with Crippen LogP contribution >= 0.6 is 31.9 Å². The number of carbonyl (C=O) groups excluding carboxylic acids is 2. The average Bonchev–Trinajstić information content (AvgIpc) is 2.53. The molecular weight excluding hydrogens is 414 g/mol. The average molecular weight is 427 g/mol. The Labute approximate surface area is 145 Å². The van der Waals surface area contributed by atoms with Gasteiger partial charge in [0.15, 0.2) is 12.9 Å². The first-order valence-corrected chi connectivity index (χ1v) is 8.00. The fourth-order valence-corrected chi connectivity index (χ4v) is 3.22. The van der Waals surface area contributed by atoms with Gasteiger partial charge in [0.25, 0.3) is 5.91 Å². The molecule has 0 saturated heterocycles. The molecule has 0 unspecified atom stereocenters. The van der Waals surface area contributed by atoms with Gasteiger partial charge in [0, 0.05) is 17.2 Å². The van der Waals surface area contributed by atoms with E-state index in [-0.39, 0.29) is 12.5 Å². The molecule has 0 aliphatic heterocycles. The van der Waals surface area contributed by atoms with Crippen LogP contribution in [0.4, 0.5) is 5.69 Å². The third-order valence-electron chi connectivity index (χ3n) is 3.02. The van der Waals surface area contributed by atoms with Gasteiger partial charge in [-0.25, -0.2) is 0 Å². The van der Waals surface area contributed by atoms with E-state index in [0.717, 1.165) is 10.2 Å². The molecule has 2 aromatic carbocycles. The topological polar surface area (TPSA) is 46.6 Å². The van der Waals surface area contributed by atoms with Crippen LogP contribution in [0.15, 0.2) is 51.4 Å². The summed E-state index contributed by atoms with van der Waals surface area (Å²) in [4.78, 5) is 24.8.